The number of hydrogen-bond acceptors (Lipinski definition) is 3. The van der Waals surface area contributed by atoms with Gasteiger partial charge in [0.2, 0.25) is 0 Å². The van der Waals surface area contributed by atoms with Crippen LogP contribution in [0, 0.1) is 0 Å². The first-order chi connectivity index (χ1) is 6.81. The lowest BCUT2D eigenvalue weighted by Gasteiger charge is -2.17. The molecule has 1 N–H and O–H groups in total. The number of carbonyl (C=O) groups is 1. The van der Waals surface area contributed by atoms with Gasteiger partial charge < -0.3 is 10.1 Å². The molecule has 0 saturated heterocycles. The summed E-state index contributed by atoms with van der Waals surface area (Å²) in [5, 5.41) is 3.27. The van der Waals surface area contributed by atoms with Crippen LogP contribution >= 0.6 is 12.4 Å². The van der Waals surface area contributed by atoms with Gasteiger partial charge in [0.15, 0.2) is 0 Å². The fourth-order valence-electron chi connectivity index (χ4n) is 1.73. The second kappa shape index (κ2) is 5.14. The quantitative estimate of drug-likeness (QED) is 0.740. The highest BCUT2D eigenvalue weighted by Crippen LogP contribution is 2.16. The number of nitrogens with one attached hydrogen (secondary N) is 1. The van der Waals surface area contributed by atoms with Crippen LogP contribution in [0.2, 0.25) is 0 Å². The summed E-state index contributed by atoms with van der Waals surface area (Å²) >= 11 is 0. The van der Waals surface area contributed by atoms with Crippen molar-refractivity contribution in [1.29, 1.82) is 0 Å². The number of methoxy groups -OCH3 is 1. The van der Waals surface area contributed by atoms with Gasteiger partial charge in [0.25, 0.3) is 0 Å². The second-order valence-electron chi connectivity index (χ2n) is 3.40. The first kappa shape index (κ1) is 12.0. The van der Waals surface area contributed by atoms with Crippen LogP contribution in [0.15, 0.2) is 18.2 Å². The summed E-state index contributed by atoms with van der Waals surface area (Å²) in [5.74, 6) is -0.265. The number of benzene rings is 1. The Balaban J connectivity index is 0.00000112. The maximum absolute atomic E-state index is 11.3. The summed E-state index contributed by atoms with van der Waals surface area (Å²) in [5.41, 5.74) is 3.17. The molecule has 0 saturated carbocycles. The summed E-state index contributed by atoms with van der Waals surface area (Å²) in [6.07, 6.45) is 1.04. The second-order valence-corrected chi connectivity index (χ2v) is 3.40. The third-order valence-corrected chi connectivity index (χ3v) is 2.51. The average Bonchev–Trinajstić information content (AvgIpc) is 2.27. The summed E-state index contributed by atoms with van der Waals surface area (Å²) in [4.78, 5) is 11.3. The minimum Gasteiger partial charge on any atom is -0.465 e. The molecule has 1 aromatic carbocycles. The topological polar surface area (TPSA) is 38.3 Å². The van der Waals surface area contributed by atoms with Crippen molar-refractivity contribution in [2.45, 2.75) is 13.0 Å². The van der Waals surface area contributed by atoms with Crippen molar-refractivity contribution in [1.82, 2.24) is 5.32 Å². The predicted octanol–water partition coefficient (Wildman–Crippen LogP) is 1.54. The van der Waals surface area contributed by atoms with Gasteiger partial charge in [-0.1, -0.05) is 6.07 Å². The Morgan fingerprint density at radius 3 is 2.93 bits per heavy atom. The maximum atomic E-state index is 11.3. The van der Waals surface area contributed by atoms with E-state index >= 15 is 0 Å². The number of rotatable bonds is 1. The molecule has 1 aliphatic rings. The molecule has 0 radical (unpaired) electrons. The van der Waals surface area contributed by atoms with Gasteiger partial charge in [-0.15, -0.1) is 12.4 Å². The van der Waals surface area contributed by atoms with E-state index in [9.17, 15) is 4.79 Å². The molecule has 0 spiro atoms. The van der Waals surface area contributed by atoms with Crippen molar-refractivity contribution < 1.29 is 9.53 Å². The summed E-state index contributed by atoms with van der Waals surface area (Å²) in [6, 6.07) is 5.76. The van der Waals surface area contributed by atoms with Crippen LogP contribution in [0.1, 0.15) is 21.5 Å². The Kier molecular flexibility index (Phi) is 4.12. The highest BCUT2D eigenvalue weighted by atomic mass is 35.5. The number of hydrogen-bond donors (Lipinski definition) is 1. The van der Waals surface area contributed by atoms with Gasteiger partial charge in [-0.05, 0) is 36.2 Å². The zero-order chi connectivity index (χ0) is 9.97. The highest BCUT2D eigenvalue weighted by molar-refractivity contribution is 5.89. The summed E-state index contributed by atoms with van der Waals surface area (Å²) in [6.45, 7) is 1.87. The van der Waals surface area contributed by atoms with Crippen molar-refractivity contribution in [3.8, 4) is 0 Å². The lowest BCUT2D eigenvalue weighted by atomic mass is 9.99. The SMILES string of the molecule is COC(=O)c1ccc2c(c1)CNCC2.Cl. The first-order valence-corrected chi connectivity index (χ1v) is 4.72. The van der Waals surface area contributed by atoms with Crippen molar-refractivity contribution in [2.75, 3.05) is 13.7 Å². The Bertz CT molecular complexity index is 366. The Morgan fingerprint density at radius 2 is 2.20 bits per heavy atom. The minimum atomic E-state index is -0.265. The molecule has 0 bridgehead atoms. The van der Waals surface area contributed by atoms with Gasteiger partial charge in [-0.25, -0.2) is 4.79 Å². The fraction of sp³-hybridized carbons (Fsp3) is 0.364. The molecule has 0 fully saturated rings. The third kappa shape index (κ3) is 2.49. The van der Waals surface area contributed by atoms with E-state index < -0.39 is 0 Å². The standard InChI is InChI=1S/C11H13NO2.ClH/c1-14-11(13)9-3-2-8-4-5-12-7-10(8)6-9;/h2-3,6,12H,4-5,7H2,1H3;1H. The smallest absolute Gasteiger partial charge is 0.337 e. The molecule has 2 rings (SSSR count). The molecule has 0 unspecified atom stereocenters. The van der Waals surface area contributed by atoms with Gasteiger partial charge in [0.1, 0.15) is 0 Å². The number of esters is 1. The van der Waals surface area contributed by atoms with Crippen LogP contribution in [0.5, 0.6) is 0 Å². The number of ether oxygens (including phenoxy) is 1. The van der Waals surface area contributed by atoms with Crippen molar-refractivity contribution in [3.63, 3.8) is 0 Å². The van der Waals surface area contributed by atoms with E-state index in [1.807, 2.05) is 18.2 Å². The molecule has 4 heteroatoms. The van der Waals surface area contributed by atoms with Crippen molar-refractivity contribution in [3.05, 3.63) is 34.9 Å². The molecular weight excluding hydrogens is 214 g/mol. The molecule has 15 heavy (non-hydrogen) atoms. The Hall–Kier alpha value is -1.06. The zero-order valence-corrected chi connectivity index (χ0v) is 9.39. The minimum absolute atomic E-state index is 0. The summed E-state index contributed by atoms with van der Waals surface area (Å²) in [7, 11) is 1.40. The average molecular weight is 228 g/mol. The molecule has 1 heterocycles. The molecule has 3 nitrogen and oxygen atoms in total. The van der Waals surface area contributed by atoms with Crippen LogP contribution in [0.3, 0.4) is 0 Å². The van der Waals surface area contributed by atoms with Crippen LogP contribution < -0.4 is 5.32 Å². The molecular formula is C11H14ClNO2. The van der Waals surface area contributed by atoms with E-state index in [1.54, 1.807) is 0 Å². The van der Waals surface area contributed by atoms with Gasteiger partial charge in [-0.3, -0.25) is 0 Å². The predicted molar refractivity (Wildman–Crippen MR) is 60.4 cm³/mol. The molecule has 0 atom stereocenters. The van der Waals surface area contributed by atoms with Crippen LogP contribution in [-0.4, -0.2) is 19.6 Å². The van der Waals surface area contributed by atoms with Crippen LogP contribution in [0.25, 0.3) is 0 Å². The van der Waals surface area contributed by atoms with Gasteiger partial charge in [-0.2, -0.15) is 0 Å². The van der Waals surface area contributed by atoms with Gasteiger partial charge in [0.05, 0.1) is 12.7 Å². The maximum Gasteiger partial charge on any atom is 0.337 e. The number of carbonyl (C=O) groups excluding carboxylic acids is 1. The first-order valence-electron chi connectivity index (χ1n) is 4.72. The van der Waals surface area contributed by atoms with E-state index in [2.05, 4.69) is 10.1 Å². The van der Waals surface area contributed by atoms with Crippen LogP contribution in [-0.2, 0) is 17.7 Å². The van der Waals surface area contributed by atoms with Crippen LogP contribution in [0.4, 0.5) is 0 Å². The third-order valence-electron chi connectivity index (χ3n) is 2.51. The monoisotopic (exact) mass is 227 g/mol. The molecule has 0 aromatic heterocycles. The highest BCUT2D eigenvalue weighted by Gasteiger charge is 2.12. The van der Waals surface area contributed by atoms with E-state index in [4.69, 9.17) is 0 Å². The normalized spacial score (nSPS) is 13.7. The summed E-state index contributed by atoms with van der Waals surface area (Å²) < 4.78 is 4.67. The van der Waals surface area contributed by atoms with E-state index in [-0.39, 0.29) is 18.4 Å². The van der Waals surface area contributed by atoms with Crippen molar-refractivity contribution >= 4 is 18.4 Å². The molecule has 82 valence electrons. The molecule has 1 aromatic rings. The van der Waals surface area contributed by atoms with E-state index in [1.165, 1.54) is 18.2 Å². The lowest BCUT2D eigenvalue weighted by molar-refractivity contribution is 0.0600. The van der Waals surface area contributed by atoms with E-state index in [0.717, 1.165) is 19.5 Å². The zero-order valence-electron chi connectivity index (χ0n) is 8.58. The molecule has 0 amide bonds. The molecule has 1 aliphatic heterocycles. The number of halogens is 1. The number of fused-ring (bicyclic) bond motifs is 1. The van der Waals surface area contributed by atoms with Gasteiger partial charge in [0, 0.05) is 6.54 Å². The van der Waals surface area contributed by atoms with E-state index in [0.29, 0.717) is 5.56 Å². The van der Waals surface area contributed by atoms with Crippen molar-refractivity contribution in [2.24, 2.45) is 0 Å². The Labute approximate surface area is 95.2 Å². The van der Waals surface area contributed by atoms with Gasteiger partial charge >= 0.3 is 5.97 Å². The lowest BCUT2D eigenvalue weighted by Crippen LogP contribution is -2.23. The fourth-order valence-corrected chi connectivity index (χ4v) is 1.73. The molecule has 0 aliphatic carbocycles. The Morgan fingerprint density at radius 1 is 1.40 bits per heavy atom. The largest absolute Gasteiger partial charge is 0.465 e.